The van der Waals surface area contributed by atoms with E-state index in [9.17, 15) is 9.59 Å². The van der Waals surface area contributed by atoms with Crippen molar-refractivity contribution >= 4 is 17.5 Å². The van der Waals surface area contributed by atoms with Gasteiger partial charge in [0, 0.05) is 31.2 Å². The Labute approximate surface area is 174 Å². The Kier molecular flexibility index (Phi) is 5.01. The fourth-order valence-corrected chi connectivity index (χ4v) is 6.39. The number of hydrogen-bond donors (Lipinski definition) is 2. The van der Waals surface area contributed by atoms with Gasteiger partial charge in [0.25, 0.3) is 0 Å². The number of carbonyl (C=O) groups is 2. The molecule has 29 heavy (non-hydrogen) atoms. The van der Waals surface area contributed by atoms with E-state index in [1.807, 2.05) is 26.0 Å². The first-order valence-electron chi connectivity index (χ1n) is 10.9. The molecule has 0 aromatic heterocycles. The summed E-state index contributed by atoms with van der Waals surface area (Å²) in [5.74, 6) is 1.11. The molecule has 5 heteroatoms. The van der Waals surface area contributed by atoms with Crippen molar-refractivity contribution in [3.05, 3.63) is 29.8 Å². The second kappa shape index (κ2) is 7.12. The molecule has 1 heterocycles. The lowest BCUT2D eigenvalue weighted by atomic mass is 9.58. The zero-order valence-electron chi connectivity index (χ0n) is 18.2. The summed E-state index contributed by atoms with van der Waals surface area (Å²) < 4.78 is 6.32. The van der Waals surface area contributed by atoms with Crippen molar-refractivity contribution in [2.45, 2.75) is 66.0 Å². The lowest BCUT2D eigenvalue weighted by Crippen LogP contribution is -2.59. The van der Waals surface area contributed by atoms with E-state index in [4.69, 9.17) is 4.74 Å². The summed E-state index contributed by atoms with van der Waals surface area (Å²) in [6.07, 6.45) is 3.40. The summed E-state index contributed by atoms with van der Waals surface area (Å²) in [6, 6.07) is 8.26. The standard InChI is InChI=1S/C24H34N2O3/c1-14(2)21(28)26-22-23(4,5)17-12-19-20(29-11-10-24(19,22)13-17)16-6-8-18(9-7-16)25-15(3)27/h6-9,14,17,19-20,22H,10-13H2,1-5H3,(H,25,27)(H,26,28)/t17-,19-,20-,22+,24-/m1/s1. The summed E-state index contributed by atoms with van der Waals surface area (Å²) >= 11 is 0. The van der Waals surface area contributed by atoms with Crippen LogP contribution in [0.5, 0.6) is 0 Å². The van der Waals surface area contributed by atoms with Crippen molar-refractivity contribution in [1.82, 2.24) is 5.32 Å². The monoisotopic (exact) mass is 398 g/mol. The lowest BCUT2D eigenvalue weighted by molar-refractivity contribution is -0.139. The number of benzene rings is 1. The van der Waals surface area contributed by atoms with Gasteiger partial charge < -0.3 is 15.4 Å². The van der Waals surface area contributed by atoms with Gasteiger partial charge in [0.15, 0.2) is 0 Å². The van der Waals surface area contributed by atoms with E-state index < -0.39 is 0 Å². The predicted octanol–water partition coefficient (Wildman–Crippen LogP) is 4.30. The molecule has 158 valence electrons. The van der Waals surface area contributed by atoms with Gasteiger partial charge in [-0.15, -0.1) is 0 Å². The number of anilines is 1. The highest BCUT2D eigenvalue weighted by Crippen LogP contribution is 2.70. The molecule has 0 unspecified atom stereocenters. The molecule has 2 aliphatic carbocycles. The van der Waals surface area contributed by atoms with Gasteiger partial charge >= 0.3 is 0 Å². The van der Waals surface area contributed by atoms with Crippen LogP contribution >= 0.6 is 0 Å². The van der Waals surface area contributed by atoms with Crippen LogP contribution in [0.2, 0.25) is 0 Å². The van der Waals surface area contributed by atoms with Crippen LogP contribution in [-0.2, 0) is 14.3 Å². The first kappa shape index (κ1) is 20.4. The van der Waals surface area contributed by atoms with Crippen LogP contribution in [0.1, 0.15) is 65.5 Å². The van der Waals surface area contributed by atoms with E-state index in [1.165, 1.54) is 18.9 Å². The average Bonchev–Trinajstić information content (AvgIpc) is 3.14. The summed E-state index contributed by atoms with van der Waals surface area (Å²) in [6.45, 7) is 10.8. The van der Waals surface area contributed by atoms with Crippen LogP contribution in [0.3, 0.4) is 0 Å². The Morgan fingerprint density at radius 2 is 1.86 bits per heavy atom. The summed E-state index contributed by atoms with van der Waals surface area (Å²) in [4.78, 5) is 23.9. The van der Waals surface area contributed by atoms with Crippen LogP contribution in [-0.4, -0.2) is 24.5 Å². The van der Waals surface area contributed by atoms with Crippen LogP contribution in [0.4, 0.5) is 5.69 Å². The zero-order chi connectivity index (χ0) is 21.0. The summed E-state index contributed by atoms with van der Waals surface area (Å²) in [5, 5.41) is 6.28. The number of fused-ring (bicyclic) bond motifs is 1. The van der Waals surface area contributed by atoms with Crippen LogP contribution in [0, 0.1) is 28.6 Å². The van der Waals surface area contributed by atoms with Gasteiger partial charge in [0.05, 0.1) is 6.10 Å². The second-order valence-corrected chi connectivity index (χ2v) is 10.2. The van der Waals surface area contributed by atoms with E-state index in [0.717, 1.165) is 25.1 Å². The molecule has 1 spiro atoms. The Hall–Kier alpha value is -1.88. The molecule has 3 fully saturated rings. The van der Waals surface area contributed by atoms with Crippen molar-refractivity contribution in [3.8, 4) is 0 Å². The Balaban J connectivity index is 1.62. The first-order chi connectivity index (χ1) is 13.6. The minimum absolute atomic E-state index is 0.00302. The van der Waals surface area contributed by atoms with Crippen molar-refractivity contribution in [2.24, 2.45) is 28.6 Å². The minimum atomic E-state index is -0.0651. The van der Waals surface area contributed by atoms with E-state index in [2.05, 4.69) is 36.6 Å². The number of ether oxygens (including phenoxy) is 1. The second-order valence-electron chi connectivity index (χ2n) is 10.2. The number of nitrogens with one attached hydrogen (secondary N) is 2. The quantitative estimate of drug-likeness (QED) is 0.795. The molecule has 2 bridgehead atoms. The first-order valence-corrected chi connectivity index (χ1v) is 10.9. The van der Waals surface area contributed by atoms with Gasteiger partial charge in [-0.2, -0.15) is 0 Å². The normalized spacial score (nSPS) is 34.7. The van der Waals surface area contributed by atoms with Gasteiger partial charge in [-0.3, -0.25) is 9.59 Å². The van der Waals surface area contributed by atoms with Gasteiger partial charge in [0.1, 0.15) is 0 Å². The van der Waals surface area contributed by atoms with E-state index in [-0.39, 0.29) is 40.7 Å². The Morgan fingerprint density at radius 3 is 2.48 bits per heavy atom. The number of carbonyl (C=O) groups excluding carboxylic acids is 2. The van der Waals surface area contributed by atoms with Crippen molar-refractivity contribution in [3.63, 3.8) is 0 Å². The maximum absolute atomic E-state index is 12.6. The molecule has 2 N–H and O–H groups in total. The fourth-order valence-electron chi connectivity index (χ4n) is 6.39. The van der Waals surface area contributed by atoms with Crippen LogP contribution < -0.4 is 10.6 Å². The molecule has 1 aromatic carbocycles. The topological polar surface area (TPSA) is 67.4 Å². The highest BCUT2D eigenvalue weighted by atomic mass is 16.5. The van der Waals surface area contributed by atoms with E-state index in [1.54, 1.807) is 0 Å². The van der Waals surface area contributed by atoms with Gasteiger partial charge in [-0.1, -0.05) is 39.8 Å². The molecular formula is C24H34N2O3. The number of rotatable bonds is 4. The third-order valence-corrected chi connectivity index (χ3v) is 7.88. The molecule has 5 nitrogen and oxygen atoms in total. The van der Waals surface area contributed by atoms with E-state index >= 15 is 0 Å². The molecule has 3 aliphatic rings. The molecule has 2 amide bonds. The third kappa shape index (κ3) is 3.27. The number of hydrogen-bond acceptors (Lipinski definition) is 3. The van der Waals surface area contributed by atoms with Crippen molar-refractivity contribution in [2.75, 3.05) is 11.9 Å². The molecular weight excluding hydrogens is 364 g/mol. The maximum Gasteiger partial charge on any atom is 0.222 e. The molecule has 2 saturated carbocycles. The molecule has 5 atom stereocenters. The third-order valence-electron chi connectivity index (χ3n) is 7.88. The zero-order valence-corrected chi connectivity index (χ0v) is 18.2. The van der Waals surface area contributed by atoms with E-state index in [0.29, 0.717) is 11.8 Å². The largest absolute Gasteiger partial charge is 0.373 e. The predicted molar refractivity (Wildman–Crippen MR) is 113 cm³/mol. The summed E-state index contributed by atoms with van der Waals surface area (Å²) in [7, 11) is 0. The van der Waals surface area contributed by atoms with Gasteiger partial charge in [0.2, 0.25) is 11.8 Å². The fraction of sp³-hybridized carbons (Fsp3) is 0.667. The lowest BCUT2D eigenvalue weighted by Gasteiger charge is -2.53. The Bertz CT molecular complexity index is 801. The van der Waals surface area contributed by atoms with Gasteiger partial charge in [-0.25, -0.2) is 0 Å². The minimum Gasteiger partial charge on any atom is -0.373 e. The van der Waals surface area contributed by atoms with Gasteiger partial charge in [-0.05, 0) is 59.6 Å². The maximum atomic E-state index is 12.6. The van der Waals surface area contributed by atoms with Crippen molar-refractivity contribution in [1.29, 1.82) is 0 Å². The molecule has 1 aliphatic heterocycles. The SMILES string of the molecule is CC(=O)Nc1ccc([C@H]2OCC[C@@]34C[C@@H](C[C@H]23)C(C)(C)[C@@H]4NC(=O)C(C)C)cc1. The molecule has 1 aromatic rings. The highest BCUT2D eigenvalue weighted by Gasteiger charge is 2.68. The van der Waals surface area contributed by atoms with Crippen LogP contribution in [0.25, 0.3) is 0 Å². The number of amides is 2. The molecule has 4 rings (SSSR count). The smallest absolute Gasteiger partial charge is 0.222 e. The Morgan fingerprint density at radius 1 is 1.17 bits per heavy atom. The summed E-state index contributed by atoms with van der Waals surface area (Å²) in [5.41, 5.74) is 2.20. The molecule has 0 radical (unpaired) electrons. The highest BCUT2D eigenvalue weighted by molar-refractivity contribution is 5.88. The molecule has 1 saturated heterocycles. The van der Waals surface area contributed by atoms with Crippen molar-refractivity contribution < 1.29 is 14.3 Å². The van der Waals surface area contributed by atoms with Crippen LogP contribution in [0.15, 0.2) is 24.3 Å². The average molecular weight is 399 g/mol.